The van der Waals surface area contributed by atoms with E-state index < -0.39 is 5.54 Å². The van der Waals surface area contributed by atoms with Gasteiger partial charge in [-0.3, -0.25) is 9.69 Å². The lowest BCUT2D eigenvalue weighted by molar-refractivity contribution is -0.136. The van der Waals surface area contributed by atoms with Gasteiger partial charge in [0.2, 0.25) is 5.91 Å². The molecule has 2 rings (SSSR count). The fourth-order valence-electron chi connectivity index (χ4n) is 2.25. The quantitative estimate of drug-likeness (QED) is 0.647. The van der Waals surface area contributed by atoms with Gasteiger partial charge in [-0.15, -0.1) is 0 Å². The molecule has 2 N–H and O–H groups in total. The Morgan fingerprint density at radius 2 is 2.31 bits per heavy atom. The van der Waals surface area contributed by atoms with E-state index in [4.69, 9.17) is 4.74 Å². The molecule has 0 bridgehead atoms. The lowest BCUT2D eigenvalue weighted by atomic mass is 9.98. The van der Waals surface area contributed by atoms with Crippen LogP contribution in [-0.2, 0) is 9.53 Å². The smallest absolute Gasteiger partial charge is 0.240 e. The Kier molecular flexibility index (Phi) is 3.47. The predicted octanol–water partition coefficient (Wildman–Crippen LogP) is -0.815. The number of nitrogens with zero attached hydrogens (tertiary/aromatic N) is 1. The number of hydrogen-bond donors (Lipinski definition) is 2. The van der Waals surface area contributed by atoms with Crippen molar-refractivity contribution in [2.75, 3.05) is 39.3 Å². The summed E-state index contributed by atoms with van der Waals surface area (Å²) in [5.41, 5.74) is -0.418. The van der Waals surface area contributed by atoms with E-state index in [0.29, 0.717) is 0 Å². The lowest BCUT2D eigenvalue weighted by Gasteiger charge is -2.43. The van der Waals surface area contributed by atoms with Gasteiger partial charge in [0.1, 0.15) is 0 Å². The second kappa shape index (κ2) is 4.69. The van der Waals surface area contributed by atoms with E-state index in [9.17, 15) is 4.79 Å². The van der Waals surface area contributed by atoms with Crippen LogP contribution in [0.5, 0.6) is 0 Å². The van der Waals surface area contributed by atoms with Crippen LogP contribution in [0.15, 0.2) is 0 Å². The highest BCUT2D eigenvalue weighted by Gasteiger charge is 2.38. The molecule has 1 amide bonds. The highest BCUT2D eigenvalue weighted by atomic mass is 16.5. The number of rotatable bonds is 2. The molecule has 2 saturated heterocycles. The maximum atomic E-state index is 11.8. The molecule has 0 aromatic heterocycles. The zero-order chi connectivity index (χ0) is 11.6. The first-order chi connectivity index (χ1) is 7.60. The van der Waals surface area contributed by atoms with Crippen LogP contribution in [0.4, 0.5) is 0 Å². The van der Waals surface area contributed by atoms with E-state index in [2.05, 4.69) is 15.5 Å². The topological polar surface area (TPSA) is 53.6 Å². The van der Waals surface area contributed by atoms with Crippen LogP contribution < -0.4 is 10.6 Å². The summed E-state index contributed by atoms with van der Waals surface area (Å²) in [5, 5.41) is 6.21. The Hall–Kier alpha value is -0.650. The Morgan fingerprint density at radius 1 is 1.50 bits per heavy atom. The molecule has 0 aliphatic carbocycles. The number of nitrogens with one attached hydrogen (secondary N) is 2. The molecule has 2 heterocycles. The molecule has 2 fully saturated rings. The molecule has 92 valence electrons. The molecule has 2 aliphatic heterocycles. The van der Waals surface area contributed by atoms with Crippen LogP contribution in [0.3, 0.4) is 0 Å². The molecule has 5 nitrogen and oxygen atoms in total. The van der Waals surface area contributed by atoms with E-state index in [1.54, 1.807) is 0 Å². The van der Waals surface area contributed by atoms with E-state index >= 15 is 0 Å². The second-order valence-corrected chi connectivity index (χ2v) is 4.96. The number of carbonyl (C=O) groups is 1. The minimum absolute atomic E-state index is 0.113. The van der Waals surface area contributed by atoms with Crippen molar-refractivity contribution < 1.29 is 9.53 Å². The normalized spacial score (nSPS) is 31.1. The van der Waals surface area contributed by atoms with Crippen molar-refractivity contribution in [1.82, 2.24) is 15.5 Å². The Labute approximate surface area is 96.5 Å². The lowest BCUT2D eigenvalue weighted by Crippen LogP contribution is -2.63. The Bertz CT molecular complexity index is 262. The second-order valence-electron chi connectivity index (χ2n) is 4.96. The summed E-state index contributed by atoms with van der Waals surface area (Å²) >= 11 is 0. The molecule has 2 aliphatic rings. The molecule has 1 unspecified atom stereocenters. The number of carbonyl (C=O) groups excluding carboxylic acids is 1. The van der Waals surface area contributed by atoms with Gasteiger partial charge in [-0.2, -0.15) is 0 Å². The average molecular weight is 227 g/mol. The number of ether oxygens (including phenoxy) is 1. The third-order valence-electron chi connectivity index (χ3n) is 3.44. The minimum atomic E-state index is -0.418. The van der Waals surface area contributed by atoms with Crippen LogP contribution in [-0.4, -0.2) is 61.8 Å². The maximum absolute atomic E-state index is 11.8. The third kappa shape index (κ3) is 2.36. The summed E-state index contributed by atoms with van der Waals surface area (Å²) in [5.74, 6) is 0.113. The van der Waals surface area contributed by atoms with Crippen molar-refractivity contribution in [2.45, 2.75) is 25.5 Å². The monoisotopic (exact) mass is 227 g/mol. The molecule has 0 saturated carbocycles. The van der Waals surface area contributed by atoms with Gasteiger partial charge in [0.15, 0.2) is 0 Å². The highest BCUT2D eigenvalue weighted by molar-refractivity contribution is 5.86. The Balaban J connectivity index is 1.94. The first kappa shape index (κ1) is 11.8. The minimum Gasteiger partial charge on any atom is -0.374 e. The molecule has 16 heavy (non-hydrogen) atoms. The summed E-state index contributed by atoms with van der Waals surface area (Å²) in [6.45, 7) is 8.99. The molecule has 0 aromatic rings. The summed E-state index contributed by atoms with van der Waals surface area (Å²) in [6, 6.07) is 0. The van der Waals surface area contributed by atoms with Gasteiger partial charge in [0.25, 0.3) is 0 Å². The highest BCUT2D eigenvalue weighted by Crippen LogP contribution is 2.18. The summed E-state index contributed by atoms with van der Waals surface area (Å²) in [7, 11) is 0. The average Bonchev–Trinajstić information content (AvgIpc) is 2.27. The standard InChI is InChI=1S/C11H21N3O2/c1-11(2)10(15)13-3-5-14(11)8-9-7-12-4-6-16-9/h9,12H,3-8H2,1-2H3,(H,13,15). The van der Waals surface area contributed by atoms with Crippen molar-refractivity contribution in [2.24, 2.45) is 0 Å². The van der Waals surface area contributed by atoms with Gasteiger partial charge in [-0.25, -0.2) is 0 Å². The van der Waals surface area contributed by atoms with Crippen LogP contribution in [0, 0.1) is 0 Å². The fourth-order valence-corrected chi connectivity index (χ4v) is 2.25. The van der Waals surface area contributed by atoms with Gasteiger partial charge < -0.3 is 15.4 Å². The molecule has 5 heteroatoms. The number of piperazine rings is 1. The fraction of sp³-hybridized carbons (Fsp3) is 0.909. The third-order valence-corrected chi connectivity index (χ3v) is 3.44. The summed E-state index contributed by atoms with van der Waals surface area (Å²) in [4.78, 5) is 14.0. The van der Waals surface area contributed by atoms with Crippen LogP contribution in [0.25, 0.3) is 0 Å². The largest absolute Gasteiger partial charge is 0.374 e. The van der Waals surface area contributed by atoms with E-state index in [-0.39, 0.29) is 12.0 Å². The van der Waals surface area contributed by atoms with E-state index in [1.807, 2.05) is 13.8 Å². The molecular formula is C11H21N3O2. The maximum Gasteiger partial charge on any atom is 0.240 e. The molecule has 0 spiro atoms. The molecular weight excluding hydrogens is 206 g/mol. The van der Waals surface area contributed by atoms with Crippen LogP contribution >= 0.6 is 0 Å². The van der Waals surface area contributed by atoms with Crippen molar-refractivity contribution in [3.05, 3.63) is 0 Å². The Morgan fingerprint density at radius 3 is 3.00 bits per heavy atom. The van der Waals surface area contributed by atoms with Gasteiger partial charge >= 0.3 is 0 Å². The number of morpholine rings is 1. The van der Waals surface area contributed by atoms with E-state index in [0.717, 1.165) is 39.3 Å². The predicted molar refractivity (Wildman–Crippen MR) is 61.3 cm³/mol. The van der Waals surface area contributed by atoms with Crippen molar-refractivity contribution in [3.63, 3.8) is 0 Å². The van der Waals surface area contributed by atoms with Gasteiger partial charge in [-0.1, -0.05) is 0 Å². The first-order valence-electron chi connectivity index (χ1n) is 5.96. The van der Waals surface area contributed by atoms with Crippen molar-refractivity contribution >= 4 is 5.91 Å². The van der Waals surface area contributed by atoms with Crippen LogP contribution in [0.2, 0.25) is 0 Å². The van der Waals surface area contributed by atoms with Gasteiger partial charge in [-0.05, 0) is 13.8 Å². The zero-order valence-electron chi connectivity index (χ0n) is 10.1. The molecule has 0 radical (unpaired) electrons. The SMILES string of the molecule is CC1(C)C(=O)NCCN1CC1CNCCO1. The van der Waals surface area contributed by atoms with Crippen LogP contribution in [0.1, 0.15) is 13.8 Å². The van der Waals surface area contributed by atoms with E-state index in [1.165, 1.54) is 0 Å². The molecule has 1 atom stereocenters. The van der Waals surface area contributed by atoms with Gasteiger partial charge in [0.05, 0.1) is 18.2 Å². The van der Waals surface area contributed by atoms with Crippen molar-refractivity contribution in [1.29, 1.82) is 0 Å². The number of hydrogen-bond acceptors (Lipinski definition) is 4. The zero-order valence-corrected chi connectivity index (χ0v) is 10.1. The van der Waals surface area contributed by atoms with Crippen molar-refractivity contribution in [3.8, 4) is 0 Å². The number of amides is 1. The van der Waals surface area contributed by atoms with Gasteiger partial charge in [0, 0.05) is 32.7 Å². The summed E-state index contributed by atoms with van der Waals surface area (Å²) in [6.07, 6.45) is 0.207. The first-order valence-corrected chi connectivity index (χ1v) is 5.96. The molecule has 0 aromatic carbocycles. The summed E-state index contributed by atoms with van der Waals surface area (Å²) < 4.78 is 5.67.